The molecule has 0 aromatic heterocycles. The molecular formula is C11H13N3O2. The van der Waals surface area contributed by atoms with Gasteiger partial charge < -0.3 is 0 Å². The predicted molar refractivity (Wildman–Crippen MR) is 59.9 cm³/mol. The number of urea groups is 1. The number of para-hydroxylation sites is 1. The third kappa shape index (κ3) is 1.37. The minimum Gasteiger partial charge on any atom is -0.290 e. The highest BCUT2D eigenvalue weighted by molar-refractivity contribution is 6.16. The van der Waals surface area contributed by atoms with Crippen molar-refractivity contribution in [1.82, 2.24) is 10.6 Å². The van der Waals surface area contributed by atoms with Crippen LogP contribution in [0.2, 0.25) is 0 Å². The first kappa shape index (κ1) is 10.6. The van der Waals surface area contributed by atoms with E-state index in [9.17, 15) is 9.59 Å². The average molecular weight is 219 g/mol. The van der Waals surface area contributed by atoms with E-state index in [1.54, 1.807) is 26.1 Å². The molecule has 84 valence electrons. The van der Waals surface area contributed by atoms with Crippen LogP contribution in [0.5, 0.6) is 0 Å². The van der Waals surface area contributed by atoms with Crippen molar-refractivity contribution in [2.45, 2.75) is 12.6 Å². The number of amides is 3. The van der Waals surface area contributed by atoms with E-state index in [1.807, 2.05) is 18.2 Å². The van der Waals surface area contributed by atoms with Crippen LogP contribution < -0.4 is 15.5 Å². The molecule has 0 saturated carbocycles. The van der Waals surface area contributed by atoms with Crippen molar-refractivity contribution in [3.05, 3.63) is 30.3 Å². The van der Waals surface area contributed by atoms with Crippen molar-refractivity contribution < 1.29 is 9.59 Å². The van der Waals surface area contributed by atoms with Crippen LogP contribution in [0.4, 0.5) is 10.5 Å². The van der Waals surface area contributed by atoms with E-state index < -0.39 is 11.7 Å². The fraction of sp³-hybridized carbons (Fsp3) is 0.273. The third-order valence-corrected chi connectivity index (χ3v) is 2.81. The topological polar surface area (TPSA) is 61.4 Å². The van der Waals surface area contributed by atoms with E-state index >= 15 is 0 Å². The summed E-state index contributed by atoms with van der Waals surface area (Å²) in [6.07, 6.45) is 0. The maximum atomic E-state index is 11.7. The first-order valence-electron chi connectivity index (χ1n) is 4.99. The molecule has 0 radical (unpaired) electrons. The smallest absolute Gasteiger partial charge is 0.290 e. The van der Waals surface area contributed by atoms with Gasteiger partial charge >= 0.3 is 6.03 Å². The summed E-state index contributed by atoms with van der Waals surface area (Å²) in [5, 5.41) is 5.15. The van der Waals surface area contributed by atoms with Gasteiger partial charge in [0, 0.05) is 5.69 Å². The van der Waals surface area contributed by atoms with Gasteiger partial charge in [-0.3, -0.25) is 20.3 Å². The molecule has 0 bridgehead atoms. The molecule has 1 aromatic carbocycles. The van der Waals surface area contributed by atoms with E-state index in [-0.39, 0.29) is 5.91 Å². The van der Waals surface area contributed by atoms with Crippen LogP contribution >= 0.6 is 0 Å². The van der Waals surface area contributed by atoms with Gasteiger partial charge in [0.1, 0.15) is 0 Å². The highest BCUT2D eigenvalue weighted by Gasteiger charge is 2.49. The van der Waals surface area contributed by atoms with Gasteiger partial charge in [0.15, 0.2) is 5.66 Å². The summed E-state index contributed by atoms with van der Waals surface area (Å²) in [7, 11) is 1.65. The van der Waals surface area contributed by atoms with Crippen LogP contribution in [-0.4, -0.2) is 24.6 Å². The van der Waals surface area contributed by atoms with Crippen LogP contribution in [0.15, 0.2) is 30.3 Å². The second kappa shape index (κ2) is 3.61. The number of anilines is 1. The maximum absolute atomic E-state index is 11.7. The number of carbonyl (C=O) groups excluding carboxylic acids is 2. The Bertz CT molecular complexity index is 432. The Hall–Kier alpha value is -1.88. The standard InChI is InChI=1S/C11H13N3O2/c1-11(12-2)9(15)13-10(16)14(11)8-6-4-3-5-7-8/h3-7,12H,1-2H3,(H,13,15,16). The Morgan fingerprint density at radius 3 is 2.44 bits per heavy atom. The molecule has 16 heavy (non-hydrogen) atoms. The molecule has 0 spiro atoms. The first-order chi connectivity index (χ1) is 7.59. The summed E-state index contributed by atoms with van der Waals surface area (Å²) < 4.78 is 0. The van der Waals surface area contributed by atoms with Crippen LogP contribution in [0, 0.1) is 0 Å². The van der Waals surface area contributed by atoms with Crippen LogP contribution in [0.1, 0.15) is 6.92 Å². The summed E-state index contributed by atoms with van der Waals surface area (Å²) >= 11 is 0. The lowest BCUT2D eigenvalue weighted by Crippen LogP contribution is -2.57. The predicted octanol–water partition coefficient (Wildman–Crippen LogP) is 0.678. The van der Waals surface area contributed by atoms with Gasteiger partial charge in [0.05, 0.1) is 0 Å². The zero-order chi connectivity index (χ0) is 11.8. The largest absolute Gasteiger partial charge is 0.330 e. The van der Waals surface area contributed by atoms with Gasteiger partial charge in [0.25, 0.3) is 5.91 Å². The van der Waals surface area contributed by atoms with E-state index in [4.69, 9.17) is 0 Å². The molecule has 1 aliphatic rings. The summed E-state index contributed by atoms with van der Waals surface area (Å²) in [5.74, 6) is -0.344. The fourth-order valence-corrected chi connectivity index (χ4v) is 1.76. The normalized spacial score (nSPS) is 24.8. The number of carbonyl (C=O) groups is 2. The molecule has 0 aliphatic carbocycles. The highest BCUT2D eigenvalue weighted by Crippen LogP contribution is 2.26. The van der Waals surface area contributed by atoms with E-state index in [0.29, 0.717) is 5.69 Å². The molecule has 1 unspecified atom stereocenters. The van der Waals surface area contributed by atoms with Crippen LogP contribution in [0.3, 0.4) is 0 Å². The van der Waals surface area contributed by atoms with E-state index in [0.717, 1.165) is 0 Å². The van der Waals surface area contributed by atoms with Crippen molar-refractivity contribution in [3.8, 4) is 0 Å². The van der Waals surface area contributed by atoms with Gasteiger partial charge in [-0.15, -0.1) is 0 Å². The van der Waals surface area contributed by atoms with Gasteiger partial charge in [-0.2, -0.15) is 0 Å². The Labute approximate surface area is 93.4 Å². The van der Waals surface area contributed by atoms with Crippen LogP contribution in [0.25, 0.3) is 0 Å². The molecule has 1 saturated heterocycles. The first-order valence-corrected chi connectivity index (χ1v) is 4.99. The lowest BCUT2D eigenvalue weighted by Gasteiger charge is -2.31. The SMILES string of the molecule is CNC1(C)C(=O)NC(=O)N1c1ccccc1. The molecule has 2 N–H and O–H groups in total. The highest BCUT2D eigenvalue weighted by atomic mass is 16.2. The van der Waals surface area contributed by atoms with Crippen molar-refractivity contribution in [3.63, 3.8) is 0 Å². The van der Waals surface area contributed by atoms with Crippen molar-refractivity contribution in [1.29, 1.82) is 0 Å². The molecule has 1 fully saturated rings. The lowest BCUT2D eigenvalue weighted by atomic mass is 10.1. The second-order valence-electron chi connectivity index (χ2n) is 3.75. The summed E-state index contributed by atoms with van der Waals surface area (Å²) in [5.41, 5.74) is -0.346. The molecule has 1 aliphatic heterocycles. The lowest BCUT2D eigenvalue weighted by molar-refractivity contribution is -0.123. The van der Waals surface area contributed by atoms with Crippen molar-refractivity contribution in [2.24, 2.45) is 0 Å². The number of hydrogen-bond acceptors (Lipinski definition) is 3. The molecule has 3 amide bonds. The molecule has 2 rings (SSSR count). The van der Waals surface area contributed by atoms with Crippen molar-refractivity contribution in [2.75, 3.05) is 11.9 Å². The number of hydrogen-bond donors (Lipinski definition) is 2. The molecule has 1 heterocycles. The quantitative estimate of drug-likeness (QED) is 0.719. The number of benzene rings is 1. The van der Waals surface area contributed by atoms with Gasteiger partial charge in [-0.05, 0) is 26.1 Å². The summed E-state index contributed by atoms with van der Waals surface area (Å²) in [4.78, 5) is 24.8. The molecular weight excluding hydrogens is 206 g/mol. The number of rotatable bonds is 2. The van der Waals surface area contributed by atoms with Crippen LogP contribution in [-0.2, 0) is 4.79 Å². The second-order valence-corrected chi connectivity index (χ2v) is 3.75. The molecule has 5 heteroatoms. The molecule has 1 atom stereocenters. The van der Waals surface area contributed by atoms with Gasteiger partial charge in [-0.25, -0.2) is 4.79 Å². The maximum Gasteiger partial charge on any atom is 0.330 e. The van der Waals surface area contributed by atoms with Crippen molar-refractivity contribution >= 4 is 17.6 Å². The minimum absolute atomic E-state index is 0.344. The Morgan fingerprint density at radius 1 is 1.25 bits per heavy atom. The number of nitrogens with zero attached hydrogens (tertiary/aromatic N) is 1. The third-order valence-electron chi connectivity index (χ3n) is 2.81. The molecule has 5 nitrogen and oxygen atoms in total. The summed E-state index contributed by atoms with van der Waals surface area (Å²) in [6.45, 7) is 1.67. The average Bonchev–Trinajstić information content (AvgIpc) is 2.52. The van der Waals surface area contributed by atoms with Gasteiger partial charge in [0.2, 0.25) is 0 Å². The number of likely N-dealkylation sites (N-methyl/N-ethyl adjacent to an activating group) is 1. The number of imide groups is 1. The summed E-state index contributed by atoms with van der Waals surface area (Å²) in [6, 6.07) is 8.66. The zero-order valence-electron chi connectivity index (χ0n) is 9.15. The Kier molecular flexibility index (Phi) is 2.40. The Morgan fingerprint density at radius 2 is 1.88 bits per heavy atom. The number of nitrogens with one attached hydrogen (secondary N) is 2. The van der Waals surface area contributed by atoms with E-state index in [1.165, 1.54) is 4.90 Å². The zero-order valence-corrected chi connectivity index (χ0v) is 9.15. The van der Waals surface area contributed by atoms with Gasteiger partial charge in [-0.1, -0.05) is 18.2 Å². The minimum atomic E-state index is -1.03. The fourth-order valence-electron chi connectivity index (χ4n) is 1.76. The van der Waals surface area contributed by atoms with E-state index in [2.05, 4.69) is 10.6 Å². The molecule has 1 aromatic rings. The monoisotopic (exact) mass is 219 g/mol. The Balaban J connectivity index is 2.47.